The van der Waals surface area contributed by atoms with Crippen molar-refractivity contribution in [3.05, 3.63) is 47.9 Å². The highest BCUT2D eigenvalue weighted by Crippen LogP contribution is 2.32. The van der Waals surface area contributed by atoms with Crippen LogP contribution in [0, 0.1) is 11.3 Å². The number of nitrogens with zero attached hydrogens (tertiary/aromatic N) is 3. The zero-order chi connectivity index (χ0) is 13.9. The van der Waals surface area contributed by atoms with Crippen molar-refractivity contribution in [2.45, 2.75) is 6.18 Å². The average Bonchev–Trinajstić information content (AvgIpc) is 2.39. The van der Waals surface area contributed by atoms with Crippen LogP contribution in [0.1, 0.15) is 11.3 Å². The van der Waals surface area contributed by atoms with Crippen molar-refractivity contribution < 1.29 is 17.9 Å². The number of alkyl halides is 3. The van der Waals surface area contributed by atoms with Crippen molar-refractivity contribution in [1.82, 2.24) is 9.97 Å². The molecule has 0 atom stereocenters. The van der Waals surface area contributed by atoms with Gasteiger partial charge in [0.15, 0.2) is 5.69 Å². The van der Waals surface area contributed by atoms with E-state index in [2.05, 4.69) is 9.97 Å². The van der Waals surface area contributed by atoms with Gasteiger partial charge in [0.05, 0.1) is 18.0 Å². The van der Waals surface area contributed by atoms with Crippen LogP contribution in [-0.4, -0.2) is 9.97 Å². The molecule has 1 heterocycles. The summed E-state index contributed by atoms with van der Waals surface area (Å²) >= 11 is 0. The fourth-order valence-electron chi connectivity index (χ4n) is 1.28. The Hall–Kier alpha value is -2.62. The Bertz CT molecular complexity index is 617. The Labute approximate surface area is 106 Å². The second-order valence-electron chi connectivity index (χ2n) is 3.48. The third-order valence-electron chi connectivity index (χ3n) is 2.13. The first-order valence-electron chi connectivity index (χ1n) is 5.06. The molecule has 0 amide bonds. The molecule has 0 aliphatic rings. The molecule has 0 aliphatic heterocycles. The van der Waals surface area contributed by atoms with Gasteiger partial charge in [0.1, 0.15) is 11.8 Å². The molecular formula is C12H6F3N3O. The number of nitriles is 1. The van der Waals surface area contributed by atoms with Crippen LogP contribution in [0.15, 0.2) is 36.7 Å². The van der Waals surface area contributed by atoms with E-state index in [1.54, 1.807) is 6.07 Å². The van der Waals surface area contributed by atoms with Gasteiger partial charge in [-0.1, -0.05) is 6.07 Å². The van der Waals surface area contributed by atoms with Crippen LogP contribution in [0.5, 0.6) is 11.6 Å². The minimum absolute atomic E-state index is 0.00571. The van der Waals surface area contributed by atoms with Gasteiger partial charge in [-0.15, -0.1) is 0 Å². The van der Waals surface area contributed by atoms with Crippen LogP contribution in [0.25, 0.3) is 0 Å². The highest BCUT2D eigenvalue weighted by atomic mass is 19.4. The molecule has 0 saturated carbocycles. The lowest BCUT2D eigenvalue weighted by Crippen LogP contribution is -2.04. The van der Waals surface area contributed by atoms with E-state index in [4.69, 9.17) is 10.00 Å². The molecular weight excluding hydrogens is 259 g/mol. The molecule has 2 aromatic rings. The van der Waals surface area contributed by atoms with E-state index in [1.165, 1.54) is 24.5 Å². The van der Waals surface area contributed by atoms with Gasteiger partial charge in [-0.3, -0.25) is 0 Å². The van der Waals surface area contributed by atoms with E-state index >= 15 is 0 Å². The maximum absolute atomic E-state index is 12.5. The first-order valence-corrected chi connectivity index (χ1v) is 5.06. The summed E-state index contributed by atoms with van der Waals surface area (Å²) in [6, 6.07) is 6.17. The average molecular weight is 265 g/mol. The van der Waals surface area contributed by atoms with E-state index < -0.39 is 11.7 Å². The lowest BCUT2D eigenvalue weighted by atomic mass is 10.2. The molecule has 0 unspecified atom stereocenters. The van der Waals surface area contributed by atoms with Crippen molar-refractivity contribution in [1.29, 1.82) is 5.26 Å². The second-order valence-corrected chi connectivity index (χ2v) is 3.48. The fraction of sp³-hybridized carbons (Fsp3) is 0.0833. The topological polar surface area (TPSA) is 58.8 Å². The number of benzene rings is 1. The summed E-state index contributed by atoms with van der Waals surface area (Å²) in [5, 5.41) is 8.53. The highest BCUT2D eigenvalue weighted by Gasteiger charge is 2.30. The Kier molecular flexibility index (Phi) is 3.33. The third kappa shape index (κ3) is 3.19. The van der Waals surface area contributed by atoms with E-state index in [0.717, 1.165) is 12.1 Å². The van der Waals surface area contributed by atoms with E-state index in [-0.39, 0.29) is 17.3 Å². The van der Waals surface area contributed by atoms with Gasteiger partial charge < -0.3 is 4.74 Å². The summed E-state index contributed by atoms with van der Waals surface area (Å²) in [5.41, 5.74) is -0.719. The number of rotatable bonds is 2. The lowest BCUT2D eigenvalue weighted by molar-refractivity contribution is -0.137. The number of hydrogen-bond donors (Lipinski definition) is 0. The zero-order valence-corrected chi connectivity index (χ0v) is 9.35. The maximum Gasteiger partial charge on any atom is 0.416 e. The number of halogens is 3. The summed E-state index contributed by atoms with van der Waals surface area (Å²) in [6.07, 6.45) is -2.10. The Balaban J connectivity index is 2.21. The van der Waals surface area contributed by atoms with E-state index in [0.29, 0.717) is 0 Å². The van der Waals surface area contributed by atoms with Gasteiger partial charge in [-0.25, -0.2) is 9.97 Å². The van der Waals surface area contributed by atoms with Gasteiger partial charge >= 0.3 is 6.18 Å². The summed E-state index contributed by atoms with van der Waals surface area (Å²) in [5.74, 6) is 0.00663. The largest absolute Gasteiger partial charge is 0.437 e. The quantitative estimate of drug-likeness (QED) is 0.836. The van der Waals surface area contributed by atoms with Crippen molar-refractivity contribution in [2.24, 2.45) is 0 Å². The van der Waals surface area contributed by atoms with Crippen LogP contribution < -0.4 is 4.74 Å². The SMILES string of the molecule is N#Cc1cnc(Oc2cccc(C(F)(F)F)c2)cn1. The first kappa shape index (κ1) is 12.8. The summed E-state index contributed by atoms with van der Waals surface area (Å²) in [7, 11) is 0. The molecule has 4 nitrogen and oxygen atoms in total. The predicted octanol–water partition coefficient (Wildman–Crippen LogP) is 3.16. The molecule has 0 aliphatic carbocycles. The van der Waals surface area contributed by atoms with Gasteiger partial charge in [-0.05, 0) is 18.2 Å². The highest BCUT2D eigenvalue weighted by molar-refractivity contribution is 5.32. The molecule has 7 heteroatoms. The monoisotopic (exact) mass is 265 g/mol. The van der Waals surface area contributed by atoms with Crippen LogP contribution in [0.2, 0.25) is 0 Å². The van der Waals surface area contributed by atoms with Gasteiger partial charge in [-0.2, -0.15) is 18.4 Å². The van der Waals surface area contributed by atoms with Gasteiger partial charge in [0.25, 0.3) is 0 Å². The van der Waals surface area contributed by atoms with Crippen molar-refractivity contribution in [3.8, 4) is 17.7 Å². The normalized spacial score (nSPS) is 10.8. The fourth-order valence-corrected chi connectivity index (χ4v) is 1.28. The minimum atomic E-state index is -4.43. The number of hydrogen-bond acceptors (Lipinski definition) is 4. The molecule has 0 bridgehead atoms. The maximum atomic E-state index is 12.5. The Morgan fingerprint density at radius 1 is 1.16 bits per heavy atom. The molecule has 19 heavy (non-hydrogen) atoms. The second kappa shape index (κ2) is 4.94. The van der Waals surface area contributed by atoms with Crippen molar-refractivity contribution in [3.63, 3.8) is 0 Å². The Morgan fingerprint density at radius 2 is 1.95 bits per heavy atom. The minimum Gasteiger partial charge on any atom is -0.437 e. The van der Waals surface area contributed by atoms with E-state index in [9.17, 15) is 13.2 Å². The molecule has 0 N–H and O–H groups in total. The first-order chi connectivity index (χ1) is 8.99. The van der Waals surface area contributed by atoms with Crippen molar-refractivity contribution >= 4 is 0 Å². The zero-order valence-electron chi connectivity index (χ0n) is 9.35. The summed E-state index contributed by atoms with van der Waals surface area (Å²) in [6.45, 7) is 0. The molecule has 0 spiro atoms. The van der Waals surface area contributed by atoms with Crippen LogP contribution in [0.4, 0.5) is 13.2 Å². The lowest BCUT2D eigenvalue weighted by Gasteiger charge is -2.09. The van der Waals surface area contributed by atoms with E-state index in [1.807, 2.05) is 0 Å². The molecule has 0 saturated heterocycles. The third-order valence-corrected chi connectivity index (χ3v) is 2.13. The molecule has 1 aromatic heterocycles. The molecule has 1 aromatic carbocycles. The van der Waals surface area contributed by atoms with Crippen LogP contribution in [-0.2, 0) is 6.18 Å². The molecule has 0 radical (unpaired) electrons. The van der Waals surface area contributed by atoms with Crippen molar-refractivity contribution in [2.75, 3.05) is 0 Å². The number of ether oxygens (including phenoxy) is 1. The summed E-state index contributed by atoms with van der Waals surface area (Å²) < 4.78 is 42.6. The molecule has 96 valence electrons. The molecule has 2 rings (SSSR count). The standard InChI is InChI=1S/C12H6F3N3O/c13-12(14,15)8-2-1-3-10(4-8)19-11-7-17-9(5-16)6-18-11/h1-4,6-7H. The van der Waals surface area contributed by atoms with Crippen LogP contribution in [0.3, 0.4) is 0 Å². The van der Waals surface area contributed by atoms with Crippen LogP contribution >= 0.6 is 0 Å². The van der Waals surface area contributed by atoms with Gasteiger partial charge in [0.2, 0.25) is 5.88 Å². The molecule has 0 fully saturated rings. The smallest absolute Gasteiger partial charge is 0.416 e. The predicted molar refractivity (Wildman–Crippen MR) is 58.3 cm³/mol. The van der Waals surface area contributed by atoms with Gasteiger partial charge in [0, 0.05) is 0 Å². The Morgan fingerprint density at radius 3 is 2.53 bits per heavy atom. The summed E-state index contributed by atoms with van der Waals surface area (Å²) in [4.78, 5) is 7.44. The number of aromatic nitrogens is 2.